The Kier molecular flexibility index (Phi) is 5.32. The van der Waals surface area contributed by atoms with E-state index in [2.05, 4.69) is 15.6 Å². The van der Waals surface area contributed by atoms with E-state index in [4.69, 9.17) is 0 Å². The largest absolute Gasteiger partial charge is 0.385 e. The molecule has 0 atom stereocenters. The maximum Gasteiger partial charge on any atom is 0.270 e. The van der Waals surface area contributed by atoms with Crippen LogP contribution >= 0.6 is 0 Å². The summed E-state index contributed by atoms with van der Waals surface area (Å²) in [5.74, 6) is -0.592. The quantitative estimate of drug-likeness (QED) is 0.802. The average Bonchev–Trinajstić information content (AvgIpc) is 2.33. The van der Waals surface area contributed by atoms with Gasteiger partial charge in [-0.15, -0.1) is 0 Å². The van der Waals surface area contributed by atoms with Gasteiger partial charge in [-0.25, -0.2) is 8.78 Å². The van der Waals surface area contributed by atoms with E-state index in [0.717, 1.165) is 18.7 Å². The van der Waals surface area contributed by atoms with Crippen molar-refractivity contribution in [1.29, 1.82) is 0 Å². The van der Waals surface area contributed by atoms with Crippen LogP contribution in [0.2, 0.25) is 0 Å². The molecule has 0 aliphatic carbocycles. The molecule has 0 unspecified atom stereocenters. The zero-order valence-electron chi connectivity index (χ0n) is 9.54. The summed E-state index contributed by atoms with van der Waals surface area (Å²) >= 11 is 0. The van der Waals surface area contributed by atoms with Gasteiger partial charge >= 0.3 is 0 Å². The Morgan fingerprint density at radius 2 is 2.29 bits per heavy atom. The van der Waals surface area contributed by atoms with Crippen LogP contribution in [0, 0.1) is 0 Å². The fourth-order valence-corrected chi connectivity index (χ4v) is 1.19. The first kappa shape index (κ1) is 13.3. The number of nitrogens with one attached hydrogen (secondary N) is 2. The van der Waals surface area contributed by atoms with Crippen LogP contribution in [0.1, 0.15) is 23.8 Å². The van der Waals surface area contributed by atoms with Gasteiger partial charge in [0.15, 0.2) is 0 Å². The lowest BCUT2D eigenvalue weighted by Crippen LogP contribution is -2.29. The summed E-state index contributed by atoms with van der Waals surface area (Å²) in [5.41, 5.74) is 0.885. The summed E-state index contributed by atoms with van der Waals surface area (Å²) in [6, 6.07) is 3.26. The van der Waals surface area contributed by atoms with Gasteiger partial charge in [0.05, 0.1) is 6.54 Å². The highest BCUT2D eigenvalue weighted by atomic mass is 19.3. The molecule has 4 nitrogen and oxygen atoms in total. The summed E-state index contributed by atoms with van der Waals surface area (Å²) < 4.78 is 23.8. The fourth-order valence-electron chi connectivity index (χ4n) is 1.19. The highest BCUT2D eigenvalue weighted by Gasteiger charge is 2.10. The molecule has 0 saturated heterocycles. The number of rotatable bonds is 6. The van der Waals surface area contributed by atoms with E-state index in [1.54, 1.807) is 6.07 Å². The average molecular weight is 243 g/mol. The van der Waals surface area contributed by atoms with Gasteiger partial charge in [0.25, 0.3) is 12.3 Å². The fraction of sp³-hybridized carbons (Fsp3) is 0.455. The van der Waals surface area contributed by atoms with Crippen molar-refractivity contribution >= 4 is 11.6 Å². The zero-order valence-corrected chi connectivity index (χ0v) is 9.54. The summed E-state index contributed by atoms with van der Waals surface area (Å²) in [6.45, 7) is 2.14. The van der Waals surface area contributed by atoms with Crippen LogP contribution < -0.4 is 10.6 Å². The molecule has 2 N–H and O–H groups in total. The zero-order chi connectivity index (χ0) is 12.7. The van der Waals surface area contributed by atoms with Crippen molar-refractivity contribution in [3.05, 3.63) is 24.0 Å². The Balaban J connectivity index is 2.60. The van der Waals surface area contributed by atoms with Crippen molar-refractivity contribution < 1.29 is 13.6 Å². The van der Waals surface area contributed by atoms with E-state index in [-0.39, 0.29) is 5.69 Å². The number of amides is 1. The van der Waals surface area contributed by atoms with Gasteiger partial charge in [-0.2, -0.15) is 0 Å². The van der Waals surface area contributed by atoms with Crippen molar-refractivity contribution in [3.8, 4) is 0 Å². The van der Waals surface area contributed by atoms with Crippen LogP contribution in [0.4, 0.5) is 14.5 Å². The van der Waals surface area contributed by atoms with E-state index in [9.17, 15) is 13.6 Å². The molecule has 0 aliphatic heterocycles. The van der Waals surface area contributed by atoms with Crippen molar-refractivity contribution in [2.45, 2.75) is 19.8 Å². The molecule has 1 heterocycles. The van der Waals surface area contributed by atoms with Crippen LogP contribution in [0.25, 0.3) is 0 Å². The van der Waals surface area contributed by atoms with Gasteiger partial charge < -0.3 is 10.6 Å². The lowest BCUT2D eigenvalue weighted by molar-refractivity contribution is 0.0887. The molecule has 0 fully saturated rings. The number of anilines is 1. The standard InChI is InChI=1S/C11H15F2N3O/c1-2-4-14-8-3-5-15-9(6-8)11(17)16-7-10(12)13/h3,5-6,10H,2,4,7H2,1H3,(H,14,15)(H,16,17). The maximum atomic E-state index is 11.9. The molecule has 0 spiro atoms. The first-order valence-corrected chi connectivity index (χ1v) is 5.39. The molecule has 0 aromatic carbocycles. The second-order valence-corrected chi connectivity index (χ2v) is 3.46. The smallest absolute Gasteiger partial charge is 0.270 e. The third kappa shape index (κ3) is 4.76. The van der Waals surface area contributed by atoms with Crippen molar-refractivity contribution in [1.82, 2.24) is 10.3 Å². The van der Waals surface area contributed by atoms with E-state index in [1.165, 1.54) is 12.3 Å². The van der Waals surface area contributed by atoms with Gasteiger partial charge in [0, 0.05) is 18.4 Å². The third-order valence-corrected chi connectivity index (χ3v) is 1.99. The van der Waals surface area contributed by atoms with Crippen LogP contribution in [-0.4, -0.2) is 30.4 Å². The number of carbonyl (C=O) groups is 1. The molecular formula is C11H15F2N3O. The second-order valence-electron chi connectivity index (χ2n) is 3.46. The molecular weight excluding hydrogens is 228 g/mol. The minimum Gasteiger partial charge on any atom is -0.385 e. The van der Waals surface area contributed by atoms with Crippen LogP contribution in [0.15, 0.2) is 18.3 Å². The van der Waals surface area contributed by atoms with Crippen molar-refractivity contribution in [2.75, 3.05) is 18.4 Å². The molecule has 94 valence electrons. The Hall–Kier alpha value is -1.72. The summed E-state index contributed by atoms with van der Waals surface area (Å²) in [7, 11) is 0. The number of nitrogens with zero attached hydrogens (tertiary/aromatic N) is 1. The first-order chi connectivity index (χ1) is 8.13. The van der Waals surface area contributed by atoms with E-state index in [1.807, 2.05) is 6.92 Å². The Labute approximate surface area is 98.4 Å². The third-order valence-electron chi connectivity index (χ3n) is 1.99. The van der Waals surface area contributed by atoms with Crippen molar-refractivity contribution in [2.24, 2.45) is 0 Å². The lowest BCUT2D eigenvalue weighted by atomic mass is 10.3. The molecule has 1 aromatic heterocycles. The molecule has 0 saturated carbocycles. The lowest BCUT2D eigenvalue weighted by Gasteiger charge is -2.07. The summed E-state index contributed by atoms with van der Waals surface area (Å²) in [5, 5.41) is 5.19. The highest BCUT2D eigenvalue weighted by Crippen LogP contribution is 2.07. The summed E-state index contributed by atoms with van der Waals surface area (Å²) in [4.78, 5) is 15.3. The molecule has 1 amide bonds. The number of carbonyl (C=O) groups excluding carboxylic acids is 1. The Morgan fingerprint density at radius 3 is 2.94 bits per heavy atom. The molecule has 1 aromatic rings. The van der Waals surface area contributed by atoms with Gasteiger partial charge in [-0.05, 0) is 18.6 Å². The van der Waals surface area contributed by atoms with Gasteiger partial charge in [-0.3, -0.25) is 9.78 Å². The SMILES string of the molecule is CCCNc1ccnc(C(=O)NCC(F)F)c1. The number of pyridine rings is 1. The van der Waals surface area contributed by atoms with Crippen LogP contribution in [0.3, 0.4) is 0 Å². The minimum atomic E-state index is -2.56. The van der Waals surface area contributed by atoms with Crippen LogP contribution in [-0.2, 0) is 0 Å². The second kappa shape index (κ2) is 6.78. The predicted octanol–water partition coefficient (Wildman–Crippen LogP) is 1.90. The minimum absolute atomic E-state index is 0.131. The topological polar surface area (TPSA) is 54.0 Å². The Morgan fingerprint density at radius 1 is 1.53 bits per heavy atom. The normalized spacial score (nSPS) is 10.4. The predicted molar refractivity (Wildman–Crippen MR) is 61.4 cm³/mol. The first-order valence-electron chi connectivity index (χ1n) is 5.39. The van der Waals surface area contributed by atoms with Gasteiger partial charge in [0.1, 0.15) is 5.69 Å². The number of halogens is 2. The van der Waals surface area contributed by atoms with Gasteiger partial charge in [-0.1, -0.05) is 6.92 Å². The van der Waals surface area contributed by atoms with Gasteiger partial charge in [0.2, 0.25) is 0 Å². The van der Waals surface area contributed by atoms with Crippen molar-refractivity contribution in [3.63, 3.8) is 0 Å². The number of alkyl halides is 2. The molecule has 0 radical (unpaired) electrons. The van der Waals surface area contributed by atoms with E-state index in [0.29, 0.717) is 0 Å². The number of hydrogen-bond donors (Lipinski definition) is 2. The molecule has 6 heteroatoms. The monoisotopic (exact) mass is 243 g/mol. The number of aromatic nitrogens is 1. The summed E-state index contributed by atoms with van der Waals surface area (Å²) in [6.07, 6.45) is -0.134. The number of hydrogen-bond acceptors (Lipinski definition) is 3. The van der Waals surface area contributed by atoms with Crippen LogP contribution in [0.5, 0.6) is 0 Å². The van der Waals surface area contributed by atoms with E-state index < -0.39 is 18.9 Å². The molecule has 0 aliphatic rings. The molecule has 17 heavy (non-hydrogen) atoms. The maximum absolute atomic E-state index is 11.9. The highest BCUT2D eigenvalue weighted by molar-refractivity contribution is 5.93. The van der Waals surface area contributed by atoms with E-state index >= 15 is 0 Å². The molecule has 1 rings (SSSR count). The Bertz CT molecular complexity index is 371. The molecule has 0 bridgehead atoms.